The SMILES string of the molecule is CCOC(=O)c1cc(NC(=O)COc2ncnc3c2cnn3-c2ccccc2)cc(C(=O)OCC)c1. The minimum atomic E-state index is -0.630. The highest BCUT2D eigenvalue weighted by molar-refractivity contribution is 6.00. The molecule has 11 heteroatoms. The molecule has 4 rings (SSSR count). The van der Waals surface area contributed by atoms with Crippen LogP contribution in [0.25, 0.3) is 16.7 Å². The number of rotatable bonds is 9. The van der Waals surface area contributed by atoms with Crippen molar-refractivity contribution in [3.63, 3.8) is 0 Å². The Labute approximate surface area is 206 Å². The van der Waals surface area contributed by atoms with Gasteiger partial charge in [0.05, 0.1) is 36.2 Å². The van der Waals surface area contributed by atoms with Gasteiger partial charge in [-0.25, -0.2) is 24.2 Å². The molecule has 0 bridgehead atoms. The van der Waals surface area contributed by atoms with E-state index in [2.05, 4.69) is 20.4 Å². The Morgan fingerprint density at radius 3 is 2.22 bits per heavy atom. The summed E-state index contributed by atoms with van der Waals surface area (Å²) in [7, 11) is 0. The van der Waals surface area contributed by atoms with Gasteiger partial charge in [0, 0.05) is 5.69 Å². The molecule has 184 valence electrons. The van der Waals surface area contributed by atoms with Gasteiger partial charge in [-0.3, -0.25) is 4.79 Å². The van der Waals surface area contributed by atoms with Crippen LogP contribution in [0.15, 0.2) is 61.1 Å². The van der Waals surface area contributed by atoms with Gasteiger partial charge in [0.15, 0.2) is 12.3 Å². The van der Waals surface area contributed by atoms with Crippen molar-refractivity contribution in [2.45, 2.75) is 13.8 Å². The fraction of sp³-hybridized carbons (Fsp3) is 0.200. The summed E-state index contributed by atoms with van der Waals surface area (Å²) in [6, 6.07) is 13.6. The number of benzene rings is 2. The number of para-hydroxylation sites is 1. The molecule has 0 radical (unpaired) electrons. The second-order valence-corrected chi connectivity index (χ2v) is 7.38. The fourth-order valence-electron chi connectivity index (χ4n) is 3.39. The maximum Gasteiger partial charge on any atom is 0.338 e. The Hall–Kier alpha value is -4.80. The van der Waals surface area contributed by atoms with Crippen LogP contribution in [0.1, 0.15) is 34.6 Å². The molecule has 0 aliphatic heterocycles. The van der Waals surface area contributed by atoms with Gasteiger partial charge in [0.1, 0.15) is 11.7 Å². The molecule has 11 nitrogen and oxygen atoms in total. The normalized spacial score (nSPS) is 10.6. The first-order valence-corrected chi connectivity index (χ1v) is 11.2. The zero-order valence-electron chi connectivity index (χ0n) is 19.6. The topological polar surface area (TPSA) is 135 Å². The van der Waals surface area contributed by atoms with E-state index >= 15 is 0 Å². The van der Waals surface area contributed by atoms with Crippen molar-refractivity contribution >= 4 is 34.6 Å². The first-order chi connectivity index (χ1) is 17.5. The van der Waals surface area contributed by atoms with Crippen molar-refractivity contribution in [3.8, 4) is 11.6 Å². The summed E-state index contributed by atoms with van der Waals surface area (Å²) in [4.78, 5) is 45.5. The molecular weight excluding hydrogens is 466 g/mol. The fourth-order valence-corrected chi connectivity index (χ4v) is 3.39. The molecular formula is C25H23N5O6. The van der Waals surface area contributed by atoms with Crippen molar-refractivity contribution in [3.05, 3.63) is 72.2 Å². The summed E-state index contributed by atoms with van der Waals surface area (Å²) >= 11 is 0. The molecule has 0 saturated carbocycles. The Morgan fingerprint density at radius 1 is 0.917 bits per heavy atom. The first-order valence-electron chi connectivity index (χ1n) is 11.2. The van der Waals surface area contributed by atoms with Crippen molar-refractivity contribution in [2.75, 3.05) is 25.1 Å². The van der Waals surface area contributed by atoms with Gasteiger partial charge in [0.25, 0.3) is 5.91 Å². The van der Waals surface area contributed by atoms with Crippen LogP contribution in [0.2, 0.25) is 0 Å². The van der Waals surface area contributed by atoms with Crippen LogP contribution in [-0.4, -0.2) is 57.4 Å². The van der Waals surface area contributed by atoms with E-state index in [1.807, 2.05) is 30.3 Å². The third-order valence-corrected chi connectivity index (χ3v) is 4.91. The van der Waals surface area contributed by atoms with Gasteiger partial charge in [-0.1, -0.05) is 18.2 Å². The number of fused-ring (bicyclic) bond motifs is 1. The van der Waals surface area contributed by atoms with Gasteiger partial charge in [-0.2, -0.15) is 5.10 Å². The highest BCUT2D eigenvalue weighted by atomic mass is 16.5. The quantitative estimate of drug-likeness (QED) is 0.352. The summed E-state index contributed by atoms with van der Waals surface area (Å²) in [5.74, 6) is -1.61. The van der Waals surface area contributed by atoms with Crippen molar-refractivity contribution in [2.24, 2.45) is 0 Å². The third-order valence-electron chi connectivity index (χ3n) is 4.91. The lowest BCUT2D eigenvalue weighted by molar-refractivity contribution is -0.118. The number of nitrogens with one attached hydrogen (secondary N) is 1. The van der Waals surface area contributed by atoms with Gasteiger partial charge in [-0.15, -0.1) is 0 Å². The zero-order valence-corrected chi connectivity index (χ0v) is 19.6. The number of esters is 2. The molecule has 0 unspecified atom stereocenters. The molecule has 0 saturated heterocycles. The van der Waals surface area contributed by atoms with E-state index in [1.54, 1.807) is 24.7 Å². The van der Waals surface area contributed by atoms with Crippen molar-refractivity contribution in [1.29, 1.82) is 0 Å². The van der Waals surface area contributed by atoms with Crippen molar-refractivity contribution in [1.82, 2.24) is 19.7 Å². The van der Waals surface area contributed by atoms with Gasteiger partial charge < -0.3 is 19.5 Å². The number of nitrogens with zero attached hydrogens (tertiary/aromatic N) is 4. The van der Waals surface area contributed by atoms with Crippen LogP contribution < -0.4 is 10.1 Å². The molecule has 4 aromatic rings. The maximum absolute atomic E-state index is 12.6. The summed E-state index contributed by atoms with van der Waals surface area (Å²) in [5.41, 5.74) is 1.75. The summed E-state index contributed by atoms with van der Waals surface area (Å²) < 4.78 is 17.3. The lowest BCUT2D eigenvalue weighted by Gasteiger charge is -2.11. The largest absolute Gasteiger partial charge is 0.467 e. The highest BCUT2D eigenvalue weighted by Crippen LogP contribution is 2.23. The monoisotopic (exact) mass is 489 g/mol. The van der Waals surface area contributed by atoms with Gasteiger partial charge >= 0.3 is 11.9 Å². The van der Waals surface area contributed by atoms with E-state index in [-0.39, 0.29) is 42.5 Å². The van der Waals surface area contributed by atoms with Gasteiger partial charge in [0.2, 0.25) is 5.88 Å². The molecule has 0 aliphatic carbocycles. The number of aromatic nitrogens is 4. The molecule has 1 amide bonds. The molecule has 2 heterocycles. The number of hydrogen-bond donors (Lipinski definition) is 1. The van der Waals surface area contributed by atoms with Crippen LogP contribution in [0.4, 0.5) is 5.69 Å². The Morgan fingerprint density at radius 2 is 1.58 bits per heavy atom. The van der Waals surface area contributed by atoms with E-state index in [9.17, 15) is 14.4 Å². The molecule has 36 heavy (non-hydrogen) atoms. The third kappa shape index (κ3) is 5.46. The summed E-state index contributed by atoms with van der Waals surface area (Å²) in [6.45, 7) is 3.26. The van der Waals surface area contributed by atoms with Crippen LogP contribution in [0, 0.1) is 0 Å². The van der Waals surface area contributed by atoms with Crippen LogP contribution >= 0.6 is 0 Å². The average Bonchev–Trinajstić information content (AvgIpc) is 3.33. The van der Waals surface area contributed by atoms with Crippen LogP contribution in [0.5, 0.6) is 5.88 Å². The second kappa shape index (κ2) is 11.1. The molecule has 1 N–H and O–H groups in total. The lowest BCUT2D eigenvalue weighted by Crippen LogP contribution is -2.21. The summed E-state index contributed by atoms with van der Waals surface area (Å²) in [6.07, 6.45) is 2.88. The standard InChI is InChI=1S/C25H23N5O6/c1-3-34-24(32)16-10-17(25(33)35-4-2)12-18(11-16)29-21(31)14-36-23-20-13-28-30(22(20)26-15-27-23)19-8-6-5-7-9-19/h5-13,15H,3-4,14H2,1-2H3,(H,29,31). The van der Waals surface area contributed by atoms with E-state index in [0.29, 0.717) is 11.0 Å². The minimum absolute atomic E-state index is 0.101. The number of ether oxygens (including phenoxy) is 3. The first kappa shape index (κ1) is 24.3. The number of anilines is 1. The Bertz CT molecular complexity index is 1370. The minimum Gasteiger partial charge on any atom is -0.467 e. The zero-order chi connectivity index (χ0) is 25.5. The number of carbonyl (C=O) groups excluding carboxylic acids is 3. The molecule has 0 aliphatic rings. The summed E-state index contributed by atoms with van der Waals surface area (Å²) in [5, 5.41) is 7.50. The smallest absolute Gasteiger partial charge is 0.338 e. The Balaban J connectivity index is 1.50. The molecule has 0 atom stereocenters. The van der Waals surface area contributed by atoms with E-state index < -0.39 is 17.8 Å². The molecule has 0 fully saturated rings. The second-order valence-electron chi connectivity index (χ2n) is 7.38. The molecule has 0 spiro atoms. The van der Waals surface area contributed by atoms with E-state index in [1.165, 1.54) is 24.5 Å². The number of carbonyl (C=O) groups is 3. The molecule has 2 aromatic heterocycles. The number of hydrogen-bond acceptors (Lipinski definition) is 9. The average molecular weight is 489 g/mol. The van der Waals surface area contributed by atoms with E-state index in [0.717, 1.165) is 5.69 Å². The van der Waals surface area contributed by atoms with E-state index in [4.69, 9.17) is 14.2 Å². The van der Waals surface area contributed by atoms with Crippen LogP contribution in [-0.2, 0) is 14.3 Å². The maximum atomic E-state index is 12.6. The molecule has 2 aromatic carbocycles. The predicted molar refractivity (Wildman–Crippen MR) is 129 cm³/mol. The predicted octanol–water partition coefficient (Wildman–Crippen LogP) is 3.19. The lowest BCUT2D eigenvalue weighted by atomic mass is 10.1. The van der Waals surface area contributed by atoms with Crippen molar-refractivity contribution < 1.29 is 28.6 Å². The Kier molecular flexibility index (Phi) is 7.49. The number of amides is 1. The van der Waals surface area contributed by atoms with Gasteiger partial charge in [-0.05, 0) is 44.2 Å². The van der Waals surface area contributed by atoms with Crippen LogP contribution in [0.3, 0.4) is 0 Å². The highest BCUT2D eigenvalue weighted by Gasteiger charge is 2.17.